The molecule has 0 saturated carbocycles. The van der Waals surface area contributed by atoms with Gasteiger partial charge in [-0.3, -0.25) is 10.1 Å². The highest BCUT2D eigenvalue weighted by atomic mass is 19.1. The Morgan fingerprint density at radius 1 is 1.15 bits per heavy atom. The Morgan fingerprint density at radius 2 is 1.89 bits per heavy atom. The molecule has 2 N–H and O–H groups in total. The third-order valence-electron chi connectivity index (χ3n) is 4.36. The van der Waals surface area contributed by atoms with Crippen LogP contribution in [0.5, 0.6) is 0 Å². The van der Waals surface area contributed by atoms with E-state index in [1.54, 1.807) is 0 Å². The minimum atomic E-state index is -0.873. The second kappa shape index (κ2) is 8.67. The Balaban J connectivity index is 1.74. The molecule has 0 bridgehead atoms. The molecular formula is C17H20F2N6O2. The number of benzene rings is 1. The number of piperidine rings is 1. The molecule has 0 radical (unpaired) electrons. The van der Waals surface area contributed by atoms with E-state index in [1.807, 2.05) is 0 Å². The maximum absolute atomic E-state index is 13.8. The molecule has 1 fully saturated rings. The molecule has 0 amide bonds. The van der Waals surface area contributed by atoms with Gasteiger partial charge in [0.05, 0.1) is 10.6 Å². The van der Waals surface area contributed by atoms with Crippen molar-refractivity contribution in [2.24, 2.45) is 0 Å². The van der Waals surface area contributed by atoms with Crippen LogP contribution in [0.1, 0.15) is 19.3 Å². The molecule has 1 aromatic carbocycles. The molecule has 0 unspecified atom stereocenters. The molecule has 3 rings (SSSR count). The van der Waals surface area contributed by atoms with E-state index in [1.165, 1.54) is 6.42 Å². The third-order valence-corrected chi connectivity index (χ3v) is 4.36. The van der Waals surface area contributed by atoms with Crippen LogP contribution in [-0.4, -0.2) is 46.0 Å². The minimum absolute atomic E-state index is 0.0528. The number of hydrogen-bond donors (Lipinski definition) is 2. The zero-order valence-corrected chi connectivity index (χ0v) is 14.6. The molecule has 1 aromatic heterocycles. The molecule has 2 heterocycles. The number of halogens is 2. The lowest BCUT2D eigenvalue weighted by molar-refractivity contribution is -0.383. The van der Waals surface area contributed by atoms with Gasteiger partial charge in [-0.15, -0.1) is 0 Å². The molecule has 8 nitrogen and oxygen atoms in total. The van der Waals surface area contributed by atoms with Crippen molar-refractivity contribution in [1.29, 1.82) is 0 Å². The fourth-order valence-corrected chi connectivity index (χ4v) is 3.01. The molecule has 10 heteroatoms. The lowest BCUT2D eigenvalue weighted by Gasteiger charge is -2.26. The maximum Gasteiger partial charge on any atom is 0.353 e. The Labute approximate surface area is 154 Å². The normalized spacial score (nSPS) is 14.7. The van der Waals surface area contributed by atoms with Crippen LogP contribution in [0.25, 0.3) is 0 Å². The first-order valence-corrected chi connectivity index (χ1v) is 8.72. The van der Waals surface area contributed by atoms with E-state index in [2.05, 4.69) is 25.5 Å². The predicted octanol–water partition coefficient (Wildman–Crippen LogP) is 3.30. The second-order valence-electron chi connectivity index (χ2n) is 6.25. The van der Waals surface area contributed by atoms with E-state index in [-0.39, 0.29) is 23.0 Å². The summed E-state index contributed by atoms with van der Waals surface area (Å²) in [6, 6.07) is 2.89. The first-order chi connectivity index (χ1) is 13.0. The molecule has 0 atom stereocenters. The van der Waals surface area contributed by atoms with Gasteiger partial charge in [-0.1, -0.05) is 6.42 Å². The highest BCUT2D eigenvalue weighted by Crippen LogP contribution is 2.31. The molecule has 144 valence electrons. The van der Waals surface area contributed by atoms with Gasteiger partial charge < -0.3 is 15.5 Å². The predicted molar refractivity (Wildman–Crippen MR) is 97.1 cm³/mol. The van der Waals surface area contributed by atoms with E-state index >= 15 is 0 Å². The van der Waals surface area contributed by atoms with Gasteiger partial charge in [0.15, 0.2) is 0 Å². The Morgan fingerprint density at radius 3 is 2.59 bits per heavy atom. The van der Waals surface area contributed by atoms with Crippen molar-refractivity contribution in [2.45, 2.75) is 19.3 Å². The fraction of sp³-hybridized carbons (Fsp3) is 0.412. The van der Waals surface area contributed by atoms with Crippen molar-refractivity contribution >= 4 is 23.0 Å². The summed E-state index contributed by atoms with van der Waals surface area (Å²) in [4.78, 5) is 21.0. The van der Waals surface area contributed by atoms with Crippen LogP contribution < -0.4 is 10.6 Å². The molecular weight excluding hydrogens is 358 g/mol. The first kappa shape index (κ1) is 18.9. The highest BCUT2D eigenvalue weighted by molar-refractivity contribution is 5.73. The van der Waals surface area contributed by atoms with E-state index < -0.39 is 16.6 Å². The lowest BCUT2D eigenvalue weighted by Crippen LogP contribution is -2.33. The summed E-state index contributed by atoms with van der Waals surface area (Å²) in [6.45, 7) is 3.27. The van der Waals surface area contributed by atoms with Gasteiger partial charge in [0.1, 0.15) is 18.0 Å². The average Bonchev–Trinajstić information content (AvgIpc) is 2.65. The van der Waals surface area contributed by atoms with E-state index in [0.717, 1.165) is 50.9 Å². The number of likely N-dealkylation sites (tertiary alicyclic amines) is 1. The molecule has 1 aliphatic heterocycles. The molecule has 2 aromatic rings. The fourth-order valence-electron chi connectivity index (χ4n) is 3.01. The third kappa shape index (κ3) is 4.85. The van der Waals surface area contributed by atoms with Crippen LogP contribution in [0.3, 0.4) is 0 Å². The van der Waals surface area contributed by atoms with Gasteiger partial charge in [-0.05, 0) is 38.1 Å². The lowest BCUT2D eigenvalue weighted by atomic mass is 10.1. The summed E-state index contributed by atoms with van der Waals surface area (Å²) >= 11 is 0. The summed E-state index contributed by atoms with van der Waals surface area (Å²) in [5.74, 6) is -1.73. The molecule has 1 aliphatic rings. The average molecular weight is 378 g/mol. The SMILES string of the molecule is O=[N+]([O-])c1c(NCCN2CCCCC2)ncnc1Nc1ccc(F)cc1F. The zero-order valence-electron chi connectivity index (χ0n) is 14.6. The quantitative estimate of drug-likeness (QED) is 0.564. The van der Waals surface area contributed by atoms with Gasteiger partial charge >= 0.3 is 5.69 Å². The van der Waals surface area contributed by atoms with Crippen LogP contribution in [-0.2, 0) is 0 Å². The number of anilines is 3. The van der Waals surface area contributed by atoms with Crippen molar-refractivity contribution in [2.75, 3.05) is 36.8 Å². The van der Waals surface area contributed by atoms with E-state index in [9.17, 15) is 18.9 Å². The highest BCUT2D eigenvalue weighted by Gasteiger charge is 2.24. The van der Waals surface area contributed by atoms with Gasteiger partial charge in [0.2, 0.25) is 11.6 Å². The summed E-state index contributed by atoms with van der Waals surface area (Å²) < 4.78 is 26.9. The second-order valence-corrected chi connectivity index (χ2v) is 6.25. The van der Waals surface area contributed by atoms with Crippen molar-refractivity contribution < 1.29 is 13.7 Å². The van der Waals surface area contributed by atoms with Gasteiger partial charge in [0.25, 0.3) is 0 Å². The number of hydrogen-bond acceptors (Lipinski definition) is 7. The number of nitrogens with zero attached hydrogens (tertiary/aromatic N) is 4. The van der Waals surface area contributed by atoms with E-state index in [4.69, 9.17) is 0 Å². The zero-order chi connectivity index (χ0) is 19.2. The van der Waals surface area contributed by atoms with Crippen molar-refractivity contribution in [1.82, 2.24) is 14.9 Å². The topological polar surface area (TPSA) is 96.2 Å². The summed E-state index contributed by atoms with van der Waals surface area (Å²) in [6.07, 6.45) is 4.70. The van der Waals surface area contributed by atoms with Crippen molar-refractivity contribution in [3.8, 4) is 0 Å². The smallest absolute Gasteiger partial charge is 0.353 e. The van der Waals surface area contributed by atoms with Crippen molar-refractivity contribution in [3.05, 3.63) is 46.3 Å². The van der Waals surface area contributed by atoms with Crippen LogP contribution >= 0.6 is 0 Å². The van der Waals surface area contributed by atoms with Gasteiger partial charge in [-0.25, -0.2) is 18.7 Å². The summed E-state index contributed by atoms with van der Waals surface area (Å²) in [5, 5.41) is 17.0. The van der Waals surface area contributed by atoms with Gasteiger partial charge in [-0.2, -0.15) is 0 Å². The van der Waals surface area contributed by atoms with Crippen LogP contribution in [0, 0.1) is 21.7 Å². The Hall–Kier alpha value is -2.88. The Kier molecular flexibility index (Phi) is 6.07. The van der Waals surface area contributed by atoms with Crippen LogP contribution in [0.15, 0.2) is 24.5 Å². The largest absolute Gasteiger partial charge is 0.363 e. The number of nitro groups is 1. The minimum Gasteiger partial charge on any atom is -0.363 e. The van der Waals surface area contributed by atoms with Gasteiger partial charge in [0, 0.05) is 19.2 Å². The van der Waals surface area contributed by atoms with Crippen molar-refractivity contribution in [3.63, 3.8) is 0 Å². The molecule has 1 saturated heterocycles. The summed E-state index contributed by atoms with van der Waals surface area (Å²) in [5.41, 5.74) is -0.502. The number of aromatic nitrogens is 2. The first-order valence-electron chi connectivity index (χ1n) is 8.72. The molecule has 0 aliphatic carbocycles. The molecule has 0 spiro atoms. The number of nitrogens with one attached hydrogen (secondary N) is 2. The number of rotatable bonds is 7. The maximum atomic E-state index is 13.8. The van der Waals surface area contributed by atoms with E-state index in [0.29, 0.717) is 12.6 Å². The van der Waals surface area contributed by atoms with Crippen LogP contribution in [0.4, 0.5) is 31.8 Å². The Bertz CT molecular complexity index is 814. The summed E-state index contributed by atoms with van der Waals surface area (Å²) in [7, 11) is 0. The molecule has 27 heavy (non-hydrogen) atoms. The standard InChI is InChI=1S/C17H20F2N6O2/c18-12-4-5-14(13(19)10-12)23-17-15(25(26)27)16(21-11-22-17)20-6-9-24-7-2-1-3-8-24/h4-5,10-11H,1-3,6-9H2,(H2,20,21,22,23). The van der Waals surface area contributed by atoms with Crippen LogP contribution in [0.2, 0.25) is 0 Å². The monoisotopic (exact) mass is 378 g/mol.